The summed E-state index contributed by atoms with van der Waals surface area (Å²) in [7, 11) is -3.84. The van der Waals surface area contributed by atoms with E-state index in [0.717, 1.165) is 0 Å². The summed E-state index contributed by atoms with van der Waals surface area (Å²) in [5.41, 5.74) is 0.974. The maximum Gasteiger partial charge on any atom is 0.274 e. The van der Waals surface area contributed by atoms with E-state index in [9.17, 15) is 18.5 Å². The van der Waals surface area contributed by atoms with Crippen LogP contribution in [-0.4, -0.2) is 23.1 Å². The maximum absolute atomic E-state index is 12.4. The number of hydrogen-bond acceptors (Lipinski definition) is 5. The highest BCUT2D eigenvalue weighted by Crippen LogP contribution is 2.25. The number of nitrogens with zero attached hydrogens (tertiary/aromatic N) is 3. The molecule has 0 amide bonds. The highest BCUT2D eigenvalue weighted by atomic mass is 32.2. The molecule has 8 nitrogen and oxygen atoms in total. The molecule has 1 N–H and O–H groups in total. The van der Waals surface area contributed by atoms with E-state index < -0.39 is 14.9 Å². The van der Waals surface area contributed by atoms with Gasteiger partial charge in [-0.1, -0.05) is 6.07 Å². The van der Waals surface area contributed by atoms with Crippen molar-refractivity contribution in [2.24, 2.45) is 0 Å². The Balaban J connectivity index is 2.39. The number of nitro groups is 1. The first-order chi connectivity index (χ1) is 10.3. The molecule has 0 unspecified atom stereocenters. The van der Waals surface area contributed by atoms with Crippen molar-refractivity contribution in [2.75, 3.05) is 4.72 Å². The Morgan fingerprint density at radius 1 is 1.36 bits per heavy atom. The third-order valence-corrected chi connectivity index (χ3v) is 4.79. The standard InChI is InChI=1S/C13H16N4O4S/c1-4-16-10(3)13(8-14-16)22(20,21)15-11-6-5-9(2)12(7-11)17(18)19/h5-8,15H,4H2,1-3H3. The van der Waals surface area contributed by atoms with E-state index in [1.807, 2.05) is 6.92 Å². The topological polar surface area (TPSA) is 107 Å². The number of aryl methyl sites for hydroxylation is 2. The van der Waals surface area contributed by atoms with Crippen LogP contribution in [0.25, 0.3) is 0 Å². The molecule has 0 bridgehead atoms. The first-order valence-electron chi connectivity index (χ1n) is 6.56. The monoisotopic (exact) mass is 324 g/mol. The van der Waals surface area contributed by atoms with Crippen LogP contribution in [0.4, 0.5) is 11.4 Å². The Kier molecular flexibility index (Phi) is 4.18. The van der Waals surface area contributed by atoms with Crippen molar-refractivity contribution in [1.82, 2.24) is 9.78 Å². The quantitative estimate of drug-likeness (QED) is 0.670. The van der Waals surface area contributed by atoms with Crippen LogP contribution < -0.4 is 4.72 Å². The minimum absolute atomic E-state index is 0.0533. The van der Waals surface area contributed by atoms with Gasteiger partial charge in [0.1, 0.15) is 4.90 Å². The molecule has 1 aromatic carbocycles. The van der Waals surface area contributed by atoms with E-state index in [0.29, 0.717) is 17.8 Å². The molecule has 2 rings (SSSR count). The van der Waals surface area contributed by atoms with Gasteiger partial charge in [-0.15, -0.1) is 0 Å². The van der Waals surface area contributed by atoms with Crippen LogP contribution in [0.1, 0.15) is 18.2 Å². The Morgan fingerprint density at radius 2 is 2.05 bits per heavy atom. The fraction of sp³-hybridized carbons (Fsp3) is 0.308. The second kappa shape index (κ2) is 5.76. The van der Waals surface area contributed by atoms with E-state index in [2.05, 4.69) is 9.82 Å². The lowest BCUT2D eigenvalue weighted by Gasteiger charge is -2.08. The summed E-state index contributed by atoms with van der Waals surface area (Å²) in [4.78, 5) is 10.4. The smallest absolute Gasteiger partial charge is 0.274 e. The van der Waals surface area contributed by atoms with Gasteiger partial charge in [0.15, 0.2) is 0 Å². The highest BCUT2D eigenvalue weighted by Gasteiger charge is 2.22. The molecule has 0 fully saturated rings. The zero-order valence-electron chi connectivity index (χ0n) is 12.4. The van der Waals surface area contributed by atoms with Crippen molar-refractivity contribution in [1.29, 1.82) is 0 Å². The first-order valence-corrected chi connectivity index (χ1v) is 8.05. The summed E-state index contributed by atoms with van der Waals surface area (Å²) >= 11 is 0. The van der Waals surface area contributed by atoms with Gasteiger partial charge >= 0.3 is 0 Å². The molecular weight excluding hydrogens is 308 g/mol. The largest absolute Gasteiger partial charge is 0.279 e. The summed E-state index contributed by atoms with van der Waals surface area (Å²) in [6.45, 7) is 5.65. The molecule has 0 aliphatic heterocycles. The summed E-state index contributed by atoms with van der Waals surface area (Å²) in [6, 6.07) is 4.18. The van der Waals surface area contributed by atoms with Gasteiger partial charge in [0.25, 0.3) is 15.7 Å². The van der Waals surface area contributed by atoms with Crippen molar-refractivity contribution in [3.05, 3.63) is 45.8 Å². The Morgan fingerprint density at radius 3 is 2.59 bits per heavy atom. The van der Waals surface area contributed by atoms with E-state index in [-0.39, 0.29) is 16.3 Å². The lowest BCUT2D eigenvalue weighted by Crippen LogP contribution is -2.14. The number of benzene rings is 1. The lowest BCUT2D eigenvalue weighted by molar-refractivity contribution is -0.385. The molecule has 2 aromatic rings. The van der Waals surface area contributed by atoms with Gasteiger partial charge in [-0.3, -0.25) is 19.5 Å². The molecule has 9 heteroatoms. The van der Waals surface area contributed by atoms with Gasteiger partial charge in [0.05, 0.1) is 22.5 Å². The molecule has 1 heterocycles. The lowest BCUT2D eigenvalue weighted by atomic mass is 10.2. The normalized spacial score (nSPS) is 11.4. The molecule has 0 aliphatic rings. The highest BCUT2D eigenvalue weighted by molar-refractivity contribution is 7.92. The Hall–Kier alpha value is -2.42. The molecule has 0 saturated carbocycles. The van der Waals surface area contributed by atoms with Gasteiger partial charge in [-0.25, -0.2) is 8.42 Å². The first kappa shape index (κ1) is 16.0. The molecule has 1 aromatic heterocycles. The van der Waals surface area contributed by atoms with Crippen LogP contribution in [0.2, 0.25) is 0 Å². The zero-order valence-corrected chi connectivity index (χ0v) is 13.2. The predicted octanol–water partition coefficient (Wildman–Crippen LogP) is 2.23. The minimum Gasteiger partial charge on any atom is -0.279 e. The van der Waals surface area contributed by atoms with E-state index in [4.69, 9.17) is 0 Å². The molecule has 0 atom stereocenters. The van der Waals surface area contributed by atoms with Crippen molar-refractivity contribution in [2.45, 2.75) is 32.2 Å². The molecule has 0 saturated heterocycles. The van der Waals surface area contributed by atoms with E-state index in [1.165, 1.54) is 24.4 Å². The van der Waals surface area contributed by atoms with Gasteiger partial charge in [0, 0.05) is 18.2 Å². The Labute approximate surface area is 128 Å². The molecule has 118 valence electrons. The van der Waals surface area contributed by atoms with Crippen molar-refractivity contribution in [3.63, 3.8) is 0 Å². The molecule has 0 spiro atoms. The van der Waals surface area contributed by atoms with Crippen molar-refractivity contribution in [3.8, 4) is 0 Å². The number of anilines is 1. The molecular formula is C13H16N4O4S. The number of nitro benzene ring substituents is 1. The predicted molar refractivity (Wildman–Crippen MR) is 81.3 cm³/mol. The second-order valence-corrected chi connectivity index (χ2v) is 6.42. The fourth-order valence-corrected chi connectivity index (χ4v) is 3.32. The maximum atomic E-state index is 12.4. The average molecular weight is 324 g/mol. The second-order valence-electron chi connectivity index (χ2n) is 4.77. The SMILES string of the molecule is CCn1ncc(S(=O)(=O)Nc2ccc(C)c([N+](=O)[O-])c2)c1C. The van der Waals surface area contributed by atoms with E-state index in [1.54, 1.807) is 18.5 Å². The number of nitrogens with one attached hydrogen (secondary N) is 1. The average Bonchev–Trinajstić information content (AvgIpc) is 2.82. The minimum atomic E-state index is -3.84. The number of rotatable bonds is 5. The molecule has 0 aliphatic carbocycles. The van der Waals surface area contributed by atoms with Crippen LogP contribution in [0.3, 0.4) is 0 Å². The summed E-state index contributed by atoms with van der Waals surface area (Å²) < 4.78 is 28.7. The third-order valence-electron chi connectivity index (χ3n) is 3.31. The molecule has 22 heavy (non-hydrogen) atoms. The Bertz CT molecular complexity index is 827. The molecule has 0 radical (unpaired) electrons. The number of hydrogen-bond donors (Lipinski definition) is 1. The summed E-state index contributed by atoms with van der Waals surface area (Å²) in [5, 5.41) is 14.9. The fourth-order valence-electron chi connectivity index (χ4n) is 2.09. The van der Waals surface area contributed by atoms with Crippen LogP contribution in [0, 0.1) is 24.0 Å². The zero-order chi connectivity index (χ0) is 16.5. The third kappa shape index (κ3) is 2.93. The van der Waals surface area contributed by atoms with Crippen LogP contribution in [0.5, 0.6) is 0 Å². The van der Waals surface area contributed by atoms with Gasteiger partial charge < -0.3 is 0 Å². The van der Waals surface area contributed by atoms with Gasteiger partial charge in [-0.05, 0) is 26.8 Å². The summed E-state index contributed by atoms with van der Waals surface area (Å²) in [5.74, 6) is 0. The van der Waals surface area contributed by atoms with Crippen LogP contribution >= 0.6 is 0 Å². The van der Waals surface area contributed by atoms with Gasteiger partial charge in [0.2, 0.25) is 0 Å². The van der Waals surface area contributed by atoms with Gasteiger partial charge in [-0.2, -0.15) is 5.10 Å². The van der Waals surface area contributed by atoms with Crippen LogP contribution in [0.15, 0.2) is 29.3 Å². The van der Waals surface area contributed by atoms with Crippen molar-refractivity contribution < 1.29 is 13.3 Å². The van der Waals surface area contributed by atoms with Crippen molar-refractivity contribution >= 4 is 21.4 Å². The summed E-state index contributed by atoms with van der Waals surface area (Å²) in [6.07, 6.45) is 1.27. The van der Waals surface area contributed by atoms with E-state index >= 15 is 0 Å². The number of aromatic nitrogens is 2. The number of sulfonamides is 1. The van der Waals surface area contributed by atoms with Crippen LogP contribution in [-0.2, 0) is 16.6 Å².